The Morgan fingerprint density at radius 1 is 1.24 bits per heavy atom. The fourth-order valence-corrected chi connectivity index (χ4v) is 1.58. The van der Waals surface area contributed by atoms with E-state index < -0.39 is 0 Å². The van der Waals surface area contributed by atoms with Crippen molar-refractivity contribution in [2.24, 2.45) is 0 Å². The Hall–Kier alpha value is -1.90. The van der Waals surface area contributed by atoms with Crippen molar-refractivity contribution >= 4 is 5.69 Å². The van der Waals surface area contributed by atoms with E-state index in [1.807, 2.05) is 24.3 Å². The van der Waals surface area contributed by atoms with Crippen molar-refractivity contribution in [1.82, 2.24) is 4.98 Å². The summed E-state index contributed by atoms with van der Waals surface area (Å²) >= 11 is 0. The van der Waals surface area contributed by atoms with Gasteiger partial charge >= 0.3 is 0 Å². The molecule has 0 bridgehead atoms. The highest BCUT2D eigenvalue weighted by Crippen LogP contribution is 2.13. The van der Waals surface area contributed by atoms with Crippen molar-refractivity contribution in [3.05, 3.63) is 59.7 Å². The molecule has 88 valence electrons. The Labute approximate surface area is 101 Å². The predicted molar refractivity (Wildman–Crippen MR) is 67.6 cm³/mol. The lowest BCUT2D eigenvalue weighted by Gasteiger charge is -2.07. The van der Waals surface area contributed by atoms with E-state index in [-0.39, 0.29) is 5.82 Å². The molecule has 0 aliphatic rings. The Kier molecular flexibility index (Phi) is 3.70. The van der Waals surface area contributed by atoms with E-state index in [2.05, 4.69) is 10.3 Å². The monoisotopic (exact) mass is 230 g/mol. The molecular weight excluding hydrogens is 215 g/mol. The topological polar surface area (TPSA) is 24.9 Å². The van der Waals surface area contributed by atoms with Crippen LogP contribution in [0.5, 0.6) is 0 Å². The van der Waals surface area contributed by atoms with Crippen molar-refractivity contribution < 1.29 is 4.39 Å². The maximum absolute atomic E-state index is 13.3. The zero-order chi connectivity index (χ0) is 12.1. The molecule has 0 atom stereocenters. The minimum Gasteiger partial charge on any atom is -0.385 e. The van der Waals surface area contributed by atoms with Crippen LogP contribution in [-0.4, -0.2) is 11.5 Å². The molecule has 0 saturated carbocycles. The van der Waals surface area contributed by atoms with Crippen LogP contribution in [0.4, 0.5) is 10.1 Å². The van der Waals surface area contributed by atoms with Crippen LogP contribution < -0.4 is 5.32 Å². The number of aromatic nitrogens is 1. The predicted octanol–water partition coefficient (Wildman–Crippen LogP) is 3.18. The van der Waals surface area contributed by atoms with Gasteiger partial charge in [0.05, 0.1) is 0 Å². The second-order valence-electron chi connectivity index (χ2n) is 3.96. The van der Waals surface area contributed by atoms with Crippen LogP contribution in [0, 0.1) is 12.7 Å². The molecule has 2 rings (SSSR count). The molecule has 1 aromatic carbocycles. The fraction of sp³-hybridized carbons (Fsp3) is 0.214. The van der Waals surface area contributed by atoms with Crippen molar-refractivity contribution in [3.8, 4) is 0 Å². The standard InChI is InChI=1S/C14H15FN2/c1-11-5-6-13(10-14(11)15)17-9-7-12-4-2-3-8-16-12/h2-6,8,10,17H,7,9H2,1H3. The minimum atomic E-state index is -0.173. The van der Waals surface area contributed by atoms with E-state index in [0.29, 0.717) is 5.56 Å². The summed E-state index contributed by atoms with van der Waals surface area (Å²) in [5.41, 5.74) is 2.51. The molecule has 2 nitrogen and oxygen atoms in total. The largest absolute Gasteiger partial charge is 0.385 e. The molecular formula is C14H15FN2. The number of aryl methyl sites for hydroxylation is 1. The number of hydrogen-bond acceptors (Lipinski definition) is 2. The molecule has 17 heavy (non-hydrogen) atoms. The molecule has 3 heteroatoms. The molecule has 0 spiro atoms. The van der Waals surface area contributed by atoms with Gasteiger partial charge in [-0.1, -0.05) is 12.1 Å². The average Bonchev–Trinajstić information content (AvgIpc) is 2.35. The van der Waals surface area contributed by atoms with Gasteiger partial charge in [0, 0.05) is 30.5 Å². The molecule has 0 amide bonds. The van der Waals surface area contributed by atoms with Gasteiger partial charge in [-0.25, -0.2) is 4.39 Å². The number of nitrogens with zero attached hydrogens (tertiary/aromatic N) is 1. The molecule has 1 heterocycles. The smallest absolute Gasteiger partial charge is 0.128 e. The van der Waals surface area contributed by atoms with E-state index in [9.17, 15) is 4.39 Å². The van der Waals surface area contributed by atoms with Gasteiger partial charge in [-0.2, -0.15) is 0 Å². The summed E-state index contributed by atoms with van der Waals surface area (Å²) in [6, 6.07) is 11.0. The number of halogens is 1. The van der Waals surface area contributed by atoms with Crippen molar-refractivity contribution in [1.29, 1.82) is 0 Å². The number of pyridine rings is 1. The third kappa shape index (κ3) is 3.28. The van der Waals surface area contributed by atoms with Crippen molar-refractivity contribution in [3.63, 3.8) is 0 Å². The molecule has 0 aliphatic heterocycles. The van der Waals surface area contributed by atoms with Crippen LogP contribution in [-0.2, 0) is 6.42 Å². The van der Waals surface area contributed by atoms with Gasteiger partial charge in [0.1, 0.15) is 5.82 Å². The summed E-state index contributed by atoms with van der Waals surface area (Å²) < 4.78 is 13.3. The molecule has 0 aliphatic carbocycles. The van der Waals surface area contributed by atoms with Gasteiger partial charge in [-0.05, 0) is 36.8 Å². The molecule has 0 radical (unpaired) electrons. The highest BCUT2D eigenvalue weighted by atomic mass is 19.1. The Balaban J connectivity index is 1.88. The zero-order valence-electron chi connectivity index (χ0n) is 9.78. The second kappa shape index (κ2) is 5.43. The Bertz CT molecular complexity index is 483. The summed E-state index contributed by atoms with van der Waals surface area (Å²) in [6.45, 7) is 2.51. The van der Waals surface area contributed by atoms with Gasteiger partial charge in [0.2, 0.25) is 0 Å². The first-order valence-corrected chi connectivity index (χ1v) is 5.65. The average molecular weight is 230 g/mol. The summed E-state index contributed by atoms with van der Waals surface area (Å²) in [6.07, 6.45) is 2.61. The number of rotatable bonds is 4. The van der Waals surface area contributed by atoms with Crippen LogP contribution in [0.15, 0.2) is 42.6 Å². The lowest BCUT2D eigenvalue weighted by Crippen LogP contribution is -2.06. The summed E-state index contributed by atoms with van der Waals surface area (Å²) in [5.74, 6) is -0.173. The van der Waals surface area contributed by atoms with E-state index in [0.717, 1.165) is 24.3 Å². The summed E-state index contributed by atoms with van der Waals surface area (Å²) in [5, 5.41) is 3.18. The van der Waals surface area contributed by atoms with Crippen LogP contribution in [0.25, 0.3) is 0 Å². The van der Waals surface area contributed by atoms with E-state index in [1.165, 1.54) is 6.07 Å². The third-order valence-corrected chi connectivity index (χ3v) is 2.61. The molecule has 0 unspecified atom stereocenters. The van der Waals surface area contributed by atoms with E-state index in [4.69, 9.17) is 0 Å². The SMILES string of the molecule is Cc1ccc(NCCc2ccccn2)cc1F. The Morgan fingerprint density at radius 3 is 2.82 bits per heavy atom. The normalized spacial score (nSPS) is 10.2. The number of hydrogen-bond donors (Lipinski definition) is 1. The quantitative estimate of drug-likeness (QED) is 0.872. The molecule has 1 aromatic heterocycles. The van der Waals surface area contributed by atoms with Gasteiger partial charge in [-0.3, -0.25) is 4.98 Å². The molecule has 1 N–H and O–H groups in total. The van der Waals surface area contributed by atoms with Crippen LogP contribution in [0.3, 0.4) is 0 Å². The van der Waals surface area contributed by atoms with Crippen LogP contribution in [0.2, 0.25) is 0 Å². The summed E-state index contributed by atoms with van der Waals surface area (Å²) in [4.78, 5) is 4.23. The zero-order valence-corrected chi connectivity index (χ0v) is 9.78. The van der Waals surface area contributed by atoms with E-state index >= 15 is 0 Å². The molecule has 0 fully saturated rings. The molecule has 0 saturated heterocycles. The maximum atomic E-state index is 13.3. The van der Waals surface area contributed by atoms with Crippen LogP contribution in [0.1, 0.15) is 11.3 Å². The highest BCUT2D eigenvalue weighted by molar-refractivity contribution is 5.45. The first kappa shape index (κ1) is 11.6. The first-order valence-electron chi connectivity index (χ1n) is 5.65. The van der Waals surface area contributed by atoms with Gasteiger partial charge in [0.15, 0.2) is 0 Å². The molecule has 2 aromatic rings. The maximum Gasteiger partial charge on any atom is 0.128 e. The lowest BCUT2D eigenvalue weighted by atomic mass is 10.2. The summed E-state index contributed by atoms with van der Waals surface area (Å²) in [7, 11) is 0. The van der Waals surface area contributed by atoms with E-state index in [1.54, 1.807) is 19.2 Å². The Morgan fingerprint density at radius 2 is 2.12 bits per heavy atom. The van der Waals surface area contributed by atoms with Gasteiger partial charge in [-0.15, -0.1) is 0 Å². The first-order chi connectivity index (χ1) is 8.25. The minimum absolute atomic E-state index is 0.173. The van der Waals surface area contributed by atoms with Gasteiger partial charge in [0.25, 0.3) is 0 Å². The van der Waals surface area contributed by atoms with Crippen molar-refractivity contribution in [2.45, 2.75) is 13.3 Å². The third-order valence-electron chi connectivity index (χ3n) is 2.61. The number of anilines is 1. The second-order valence-corrected chi connectivity index (χ2v) is 3.96. The van der Waals surface area contributed by atoms with Gasteiger partial charge < -0.3 is 5.32 Å². The highest BCUT2D eigenvalue weighted by Gasteiger charge is 1.99. The van der Waals surface area contributed by atoms with Crippen molar-refractivity contribution in [2.75, 3.05) is 11.9 Å². The number of nitrogens with one attached hydrogen (secondary N) is 1. The van der Waals surface area contributed by atoms with Crippen LogP contribution >= 0.6 is 0 Å². The fourth-order valence-electron chi connectivity index (χ4n) is 1.58. The lowest BCUT2D eigenvalue weighted by molar-refractivity contribution is 0.619. The number of benzene rings is 1.